The third-order valence-corrected chi connectivity index (χ3v) is 5.21. The lowest BCUT2D eigenvalue weighted by Crippen LogP contribution is -2.14. The molecule has 2 nitrogen and oxygen atoms in total. The lowest BCUT2D eigenvalue weighted by molar-refractivity contribution is 0.0967. The maximum absolute atomic E-state index is 12.5. The molecule has 1 aromatic heterocycles. The van der Waals surface area contributed by atoms with Crippen LogP contribution in [0.4, 0.5) is 0 Å². The van der Waals surface area contributed by atoms with E-state index in [0.29, 0.717) is 12.1 Å². The predicted molar refractivity (Wildman–Crippen MR) is 107 cm³/mol. The van der Waals surface area contributed by atoms with Crippen molar-refractivity contribution < 1.29 is 4.79 Å². The average molecular weight is 341 g/mol. The molecule has 0 atom stereocenters. The molecule has 2 heteroatoms. The Morgan fingerprint density at radius 3 is 2.23 bits per heavy atom. The van der Waals surface area contributed by atoms with Crippen molar-refractivity contribution in [3.63, 3.8) is 0 Å². The van der Waals surface area contributed by atoms with Gasteiger partial charge in [-0.05, 0) is 61.9 Å². The summed E-state index contributed by atoms with van der Waals surface area (Å²) in [6, 6.07) is 17.0. The Kier molecular flexibility index (Phi) is 4.20. The second kappa shape index (κ2) is 6.53. The van der Waals surface area contributed by atoms with Gasteiger partial charge in [0, 0.05) is 17.5 Å². The molecule has 26 heavy (non-hydrogen) atoms. The van der Waals surface area contributed by atoms with Crippen LogP contribution >= 0.6 is 0 Å². The van der Waals surface area contributed by atoms with Crippen molar-refractivity contribution in [2.75, 3.05) is 0 Å². The normalized spacial score (nSPS) is 13.6. The van der Waals surface area contributed by atoms with E-state index in [9.17, 15) is 4.79 Å². The molecule has 0 radical (unpaired) electrons. The number of nitrogens with zero attached hydrogens (tertiary/aromatic N) is 1. The van der Waals surface area contributed by atoms with E-state index in [2.05, 4.69) is 63.2 Å². The summed E-state index contributed by atoms with van der Waals surface area (Å²) in [7, 11) is 0. The molecule has 130 valence electrons. The minimum atomic E-state index is 0.175. The van der Waals surface area contributed by atoms with Gasteiger partial charge in [0.15, 0.2) is 5.78 Å². The zero-order valence-electron chi connectivity index (χ0n) is 15.6. The summed E-state index contributed by atoms with van der Waals surface area (Å²) in [4.78, 5) is 17.4. The van der Waals surface area contributed by atoms with E-state index in [0.717, 1.165) is 40.8 Å². The van der Waals surface area contributed by atoms with E-state index in [1.165, 1.54) is 16.7 Å². The molecule has 1 aliphatic carbocycles. The molecule has 0 N–H and O–H groups in total. The Morgan fingerprint density at radius 2 is 1.54 bits per heavy atom. The molecule has 0 fully saturated rings. The molecule has 0 saturated carbocycles. The Bertz CT molecular complexity index is 979. The summed E-state index contributed by atoms with van der Waals surface area (Å²) in [5.41, 5.74) is 9.77. The van der Waals surface area contributed by atoms with Crippen molar-refractivity contribution in [2.45, 2.75) is 40.0 Å². The largest absolute Gasteiger partial charge is 0.292 e. The molecule has 1 heterocycles. The van der Waals surface area contributed by atoms with Gasteiger partial charge in [0.05, 0.1) is 5.69 Å². The Morgan fingerprint density at radius 1 is 0.846 bits per heavy atom. The summed E-state index contributed by atoms with van der Waals surface area (Å²) in [6.07, 6.45) is 2.46. The Hall–Kier alpha value is -2.74. The van der Waals surface area contributed by atoms with Crippen LogP contribution in [0.1, 0.15) is 45.6 Å². The number of hydrogen-bond acceptors (Lipinski definition) is 2. The van der Waals surface area contributed by atoms with Gasteiger partial charge in [-0.1, -0.05) is 48.0 Å². The van der Waals surface area contributed by atoms with Crippen LogP contribution in [0, 0.1) is 20.8 Å². The van der Waals surface area contributed by atoms with Gasteiger partial charge in [0.1, 0.15) is 5.69 Å². The summed E-state index contributed by atoms with van der Waals surface area (Å²) in [5.74, 6) is 0.175. The fourth-order valence-corrected chi connectivity index (χ4v) is 4.13. The monoisotopic (exact) mass is 341 g/mol. The van der Waals surface area contributed by atoms with Gasteiger partial charge in [-0.3, -0.25) is 4.79 Å². The molecule has 0 unspecified atom stereocenters. The van der Waals surface area contributed by atoms with Gasteiger partial charge in [-0.25, -0.2) is 4.98 Å². The van der Waals surface area contributed by atoms with Gasteiger partial charge in [-0.2, -0.15) is 0 Å². The van der Waals surface area contributed by atoms with E-state index in [-0.39, 0.29) is 5.78 Å². The minimum Gasteiger partial charge on any atom is -0.292 e. The van der Waals surface area contributed by atoms with E-state index in [4.69, 9.17) is 4.98 Å². The number of fused-ring (bicyclic) bond motifs is 1. The molecule has 3 aromatic rings. The number of benzene rings is 2. The van der Waals surface area contributed by atoms with Crippen molar-refractivity contribution in [1.29, 1.82) is 0 Å². The molecule has 0 spiro atoms. The van der Waals surface area contributed by atoms with Crippen molar-refractivity contribution in [2.24, 2.45) is 0 Å². The quantitative estimate of drug-likeness (QED) is 0.584. The molecule has 0 amide bonds. The molecular weight excluding hydrogens is 318 g/mol. The molecule has 4 rings (SSSR count). The van der Waals surface area contributed by atoms with Crippen LogP contribution in [0.2, 0.25) is 0 Å². The van der Waals surface area contributed by atoms with Crippen molar-refractivity contribution >= 4 is 5.78 Å². The number of pyridine rings is 1. The van der Waals surface area contributed by atoms with E-state index >= 15 is 0 Å². The summed E-state index contributed by atoms with van der Waals surface area (Å²) >= 11 is 0. The average Bonchev–Trinajstić information content (AvgIpc) is 2.62. The topological polar surface area (TPSA) is 30.0 Å². The smallest absolute Gasteiger partial charge is 0.181 e. The van der Waals surface area contributed by atoms with Crippen molar-refractivity contribution in [3.8, 4) is 22.4 Å². The minimum absolute atomic E-state index is 0.175. The third-order valence-electron chi connectivity index (χ3n) is 5.21. The first kappa shape index (κ1) is 16.7. The number of Topliss-reactive ketones (excluding diaryl/α,β-unsaturated/α-hetero) is 1. The summed E-state index contributed by atoms with van der Waals surface area (Å²) in [6.45, 7) is 6.38. The highest BCUT2D eigenvalue weighted by atomic mass is 16.1. The standard InChI is InChI=1S/C24H23NO/c1-15-12-16(2)22(17(3)13-15)24-20(18-8-5-4-6-9-18)14-19-10-7-11-21(26)23(19)25-24/h4-6,8-9,12-14H,7,10-11H2,1-3H3. The number of aryl methyl sites for hydroxylation is 4. The summed E-state index contributed by atoms with van der Waals surface area (Å²) < 4.78 is 0. The van der Waals surface area contributed by atoms with Gasteiger partial charge in [0.25, 0.3) is 0 Å². The molecule has 0 saturated heterocycles. The van der Waals surface area contributed by atoms with Crippen LogP contribution in [0.25, 0.3) is 22.4 Å². The lowest BCUT2D eigenvalue weighted by atomic mass is 9.87. The maximum Gasteiger partial charge on any atom is 0.181 e. The van der Waals surface area contributed by atoms with Crippen LogP contribution in [-0.2, 0) is 6.42 Å². The fraction of sp³-hybridized carbons (Fsp3) is 0.250. The van der Waals surface area contributed by atoms with Gasteiger partial charge in [0.2, 0.25) is 0 Å². The second-order valence-corrected chi connectivity index (χ2v) is 7.31. The van der Waals surface area contributed by atoms with Crippen LogP contribution < -0.4 is 0 Å². The summed E-state index contributed by atoms with van der Waals surface area (Å²) in [5, 5.41) is 0. The second-order valence-electron chi connectivity index (χ2n) is 7.31. The first-order valence-corrected chi connectivity index (χ1v) is 9.25. The van der Waals surface area contributed by atoms with Crippen LogP contribution in [0.15, 0.2) is 48.5 Å². The van der Waals surface area contributed by atoms with E-state index in [1.54, 1.807) is 0 Å². The Balaban J connectivity index is 2.04. The molecular formula is C24H23NO. The van der Waals surface area contributed by atoms with Crippen LogP contribution in [0.5, 0.6) is 0 Å². The first-order valence-electron chi connectivity index (χ1n) is 9.25. The molecule has 0 aliphatic heterocycles. The highest BCUT2D eigenvalue weighted by Gasteiger charge is 2.23. The number of hydrogen-bond donors (Lipinski definition) is 0. The van der Waals surface area contributed by atoms with E-state index in [1.807, 2.05) is 6.07 Å². The number of ketones is 1. The zero-order valence-corrected chi connectivity index (χ0v) is 15.6. The molecule has 2 aromatic carbocycles. The zero-order chi connectivity index (χ0) is 18.3. The number of carbonyl (C=O) groups is 1. The number of rotatable bonds is 2. The maximum atomic E-state index is 12.5. The number of carbonyl (C=O) groups excluding carboxylic acids is 1. The van der Waals surface area contributed by atoms with Crippen LogP contribution in [0.3, 0.4) is 0 Å². The SMILES string of the molecule is Cc1cc(C)c(-c2nc3c(cc2-c2ccccc2)CCCC3=O)c(C)c1. The predicted octanol–water partition coefficient (Wildman–Crippen LogP) is 5.86. The van der Waals surface area contributed by atoms with E-state index < -0.39 is 0 Å². The highest BCUT2D eigenvalue weighted by Crippen LogP contribution is 2.37. The van der Waals surface area contributed by atoms with Gasteiger partial charge >= 0.3 is 0 Å². The number of aromatic nitrogens is 1. The molecule has 1 aliphatic rings. The highest BCUT2D eigenvalue weighted by molar-refractivity contribution is 5.98. The first-order chi connectivity index (χ1) is 12.5. The Labute approximate surface area is 154 Å². The fourth-order valence-electron chi connectivity index (χ4n) is 4.13. The molecule has 0 bridgehead atoms. The van der Waals surface area contributed by atoms with Gasteiger partial charge in [-0.15, -0.1) is 0 Å². The lowest BCUT2D eigenvalue weighted by Gasteiger charge is -2.20. The van der Waals surface area contributed by atoms with Crippen molar-refractivity contribution in [3.05, 3.63) is 76.5 Å². The van der Waals surface area contributed by atoms with Crippen LogP contribution in [-0.4, -0.2) is 10.8 Å². The van der Waals surface area contributed by atoms with Crippen molar-refractivity contribution in [1.82, 2.24) is 4.98 Å². The van der Waals surface area contributed by atoms with Gasteiger partial charge < -0.3 is 0 Å². The third kappa shape index (κ3) is 2.86.